The number of hydrogen-bond acceptors (Lipinski definition) is 6. The van der Waals surface area contributed by atoms with E-state index in [-0.39, 0.29) is 5.91 Å². The summed E-state index contributed by atoms with van der Waals surface area (Å²) in [4.78, 5) is 24.5. The molecule has 1 unspecified atom stereocenters. The van der Waals surface area contributed by atoms with Crippen molar-refractivity contribution in [3.05, 3.63) is 47.9 Å². The van der Waals surface area contributed by atoms with Gasteiger partial charge in [0, 0.05) is 51.4 Å². The number of carbonyl (C=O) groups excluding carboxylic acids is 1. The Hall–Kier alpha value is -2.51. The van der Waals surface area contributed by atoms with Gasteiger partial charge in [-0.3, -0.25) is 14.7 Å². The summed E-state index contributed by atoms with van der Waals surface area (Å²) in [5.41, 5.74) is 1.87. The zero-order chi connectivity index (χ0) is 20.9. The molecule has 0 fully saturated rings. The number of fused-ring (bicyclic) bond motifs is 1. The molecule has 2 aromatic heterocycles. The Labute approximate surface area is 172 Å². The van der Waals surface area contributed by atoms with Crippen molar-refractivity contribution < 1.29 is 9.53 Å². The Morgan fingerprint density at radius 3 is 2.72 bits per heavy atom. The van der Waals surface area contributed by atoms with Gasteiger partial charge in [0.25, 0.3) is 0 Å². The van der Waals surface area contributed by atoms with Crippen molar-refractivity contribution in [2.75, 3.05) is 44.0 Å². The molecule has 156 valence electrons. The number of anilines is 2. The minimum absolute atomic E-state index is 0.0689. The third-order valence-corrected chi connectivity index (χ3v) is 5.18. The van der Waals surface area contributed by atoms with E-state index in [4.69, 9.17) is 9.72 Å². The lowest BCUT2D eigenvalue weighted by atomic mass is 9.79. The van der Waals surface area contributed by atoms with E-state index in [2.05, 4.69) is 40.4 Å². The molecule has 0 saturated carbocycles. The normalized spacial score (nSPS) is 19.1. The first-order valence-corrected chi connectivity index (χ1v) is 10.1. The first kappa shape index (κ1) is 21.2. The number of nitrogens with one attached hydrogen (secondary N) is 2. The van der Waals surface area contributed by atoms with E-state index in [0.29, 0.717) is 19.1 Å². The summed E-state index contributed by atoms with van der Waals surface area (Å²) in [7, 11) is 1.70. The zero-order valence-electron chi connectivity index (χ0n) is 17.7. The monoisotopic (exact) mass is 397 g/mol. The average molecular weight is 398 g/mol. The summed E-state index contributed by atoms with van der Waals surface area (Å²) in [6.45, 7) is 9.86. The average Bonchev–Trinajstić information content (AvgIpc) is 2.71. The van der Waals surface area contributed by atoms with Crippen LogP contribution in [0.3, 0.4) is 0 Å². The Balaban J connectivity index is 1.92. The molecule has 7 nitrogen and oxygen atoms in total. The standard InChI is InChI=1S/C22H31N5O2/c1-16(2)13-24-19-6-5-17-14-27(11-12-29-4)15-22(3,20(17)26-19)21(28)25-18-7-9-23-10-8-18/h5-10,16H,11-15H2,1-4H3,(H,24,26)(H,23,25,28). The molecule has 1 aliphatic heterocycles. The van der Waals surface area contributed by atoms with Crippen LogP contribution in [0.4, 0.5) is 11.5 Å². The minimum Gasteiger partial charge on any atom is -0.383 e. The first-order valence-electron chi connectivity index (χ1n) is 10.1. The van der Waals surface area contributed by atoms with Gasteiger partial charge in [-0.1, -0.05) is 19.9 Å². The van der Waals surface area contributed by atoms with E-state index >= 15 is 0 Å². The Kier molecular flexibility index (Phi) is 6.82. The maximum absolute atomic E-state index is 13.4. The smallest absolute Gasteiger partial charge is 0.237 e. The van der Waals surface area contributed by atoms with Crippen molar-refractivity contribution in [1.82, 2.24) is 14.9 Å². The number of rotatable bonds is 8. The molecule has 0 radical (unpaired) electrons. The molecule has 2 N–H and O–H groups in total. The van der Waals surface area contributed by atoms with Gasteiger partial charge in [0.2, 0.25) is 5.91 Å². The van der Waals surface area contributed by atoms with Crippen molar-refractivity contribution >= 4 is 17.4 Å². The van der Waals surface area contributed by atoms with Crippen LogP contribution in [-0.2, 0) is 21.5 Å². The second kappa shape index (κ2) is 9.33. The van der Waals surface area contributed by atoms with E-state index in [9.17, 15) is 4.79 Å². The molecular formula is C22H31N5O2. The van der Waals surface area contributed by atoms with E-state index < -0.39 is 5.41 Å². The predicted molar refractivity (Wildman–Crippen MR) is 115 cm³/mol. The van der Waals surface area contributed by atoms with Crippen LogP contribution >= 0.6 is 0 Å². The first-order chi connectivity index (χ1) is 13.9. The van der Waals surface area contributed by atoms with Crippen molar-refractivity contribution in [3.63, 3.8) is 0 Å². The van der Waals surface area contributed by atoms with Gasteiger partial charge < -0.3 is 15.4 Å². The highest BCUT2D eigenvalue weighted by molar-refractivity contribution is 5.99. The molecule has 1 atom stereocenters. The molecule has 3 rings (SSSR count). The molecule has 7 heteroatoms. The van der Waals surface area contributed by atoms with Gasteiger partial charge in [0.05, 0.1) is 12.3 Å². The van der Waals surface area contributed by atoms with Gasteiger partial charge in [0.15, 0.2) is 0 Å². The topological polar surface area (TPSA) is 79.4 Å². The van der Waals surface area contributed by atoms with E-state index in [1.165, 1.54) is 0 Å². The molecule has 3 heterocycles. The minimum atomic E-state index is -0.778. The van der Waals surface area contributed by atoms with Gasteiger partial charge in [-0.15, -0.1) is 0 Å². The largest absolute Gasteiger partial charge is 0.383 e. The third kappa shape index (κ3) is 5.10. The summed E-state index contributed by atoms with van der Waals surface area (Å²) < 4.78 is 5.26. The highest BCUT2D eigenvalue weighted by atomic mass is 16.5. The number of pyridine rings is 2. The molecule has 1 amide bonds. The molecule has 0 aromatic carbocycles. The summed E-state index contributed by atoms with van der Waals surface area (Å²) in [5, 5.41) is 6.42. The van der Waals surface area contributed by atoms with Crippen molar-refractivity contribution in [1.29, 1.82) is 0 Å². The highest BCUT2D eigenvalue weighted by Gasteiger charge is 2.43. The van der Waals surface area contributed by atoms with E-state index in [0.717, 1.165) is 42.4 Å². The molecule has 0 aliphatic carbocycles. The summed E-state index contributed by atoms with van der Waals surface area (Å²) >= 11 is 0. The Morgan fingerprint density at radius 1 is 1.28 bits per heavy atom. The van der Waals surface area contributed by atoms with Gasteiger partial charge in [-0.2, -0.15) is 0 Å². The van der Waals surface area contributed by atoms with Gasteiger partial charge in [0.1, 0.15) is 11.2 Å². The number of carbonyl (C=O) groups is 1. The molecule has 2 aromatic rings. The van der Waals surface area contributed by atoms with E-state index in [1.54, 1.807) is 31.6 Å². The summed E-state index contributed by atoms with van der Waals surface area (Å²) in [5.74, 6) is 1.25. The van der Waals surface area contributed by atoms with Crippen LogP contribution in [0.2, 0.25) is 0 Å². The highest BCUT2D eigenvalue weighted by Crippen LogP contribution is 2.34. The molecule has 1 aliphatic rings. The maximum atomic E-state index is 13.4. The van der Waals surface area contributed by atoms with E-state index in [1.807, 2.05) is 13.0 Å². The van der Waals surface area contributed by atoms with Gasteiger partial charge in [-0.05, 0) is 36.6 Å². The van der Waals surface area contributed by atoms with Crippen molar-refractivity contribution in [2.24, 2.45) is 5.92 Å². The third-order valence-electron chi connectivity index (χ3n) is 5.18. The number of hydrogen-bond donors (Lipinski definition) is 2. The van der Waals surface area contributed by atoms with Crippen LogP contribution in [0.1, 0.15) is 32.0 Å². The number of ether oxygens (including phenoxy) is 1. The van der Waals surface area contributed by atoms with Crippen LogP contribution in [-0.4, -0.2) is 54.1 Å². The summed E-state index contributed by atoms with van der Waals surface area (Å²) in [6.07, 6.45) is 3.34. The van der Waals surface area contributed by atoms with Crippen molar-refractivity contribution in [2.45, 2.75) is 32.7 Å². The molecule has 29 heavy (non-hydrogen) atoms. The van der Waals surface area contributed by atoms with Crippen LogP contribution in [0.15, 0.2) is 36.7 Å². The molecular weight excluding hydrogens is 366 g/mol. The van der Waals surface area contributed by atoms with Gasteiger partial charge in [-0.25, -0.2) is 4.98 Å². The Morgan fingerprint density at radius 2 is 2.03 bits per heavy atom. The second-order valence-corrected chi connectivity index (χ2v) is 8.20. The lowest BCUT2D eigenvalue weighted by Crippen LogP contribution is -2.52. The van der Waals surface area contributed by atoms with Crippen LogP contribution in [0.5, 0.6) is 0 Å². The fraction of sp³-hybridized carbons (Fsp3) is 0.500. The molecule has 0 spiro atoms. The number of nitrogens with zero attached hydrogens (tertiary/aromatic N) is 3. The molecule has 0 bridgehead atoms. The lowest BCUT2D eigenvalue weighted by molar-refractivity contribution is -0.122. The SMILES string of the molecule is COCCN1Cc2ccc(NCC(C)C)nc2C(C)(C(=O)Nc2ccncc2)C1. The number of amides is 1. The second-order valence-electron chi connectivity index (χ2n) is 8.20. The zero-order valence-corrected chi connectivity index (χ0v) is 17.7. The van der Waals surface area contributed by atoms with Crippen LogP contribution in [0.25, 0.3) is 0 Å². The lowest BCUT2D eigenvalue weighted by Gasteiger charge is -2.40. The Bertz CT molecular complexity index is 827. The molecule has 0 saturated heterocycles. The predicted octanol–water partition coefficient (Wildman–Crippen LogP) is 2.90. The quantitative estimate of drug-likeness (QED) is 0.713. The maximum Gasteiger partial charge on any atom is 0.237 e. The summed E-state index contributed by atoms with van der Waals surface area (Å²) in [6, 6.07) is 7.67. The number of methoxy groups -OCH3 is 1. The fourth-order valence-corrected chi connectivity index (χ4v) is 3.58. The van der Waals surface area contributed by atoms with Gasteiger partial charge >= 0.3 is 0 Å². The van der Waals surface area contributed by atoms with Crippen molar-refractivity contribution in [3.8, 4) is 0 Å². The number of aromatic nitrogens is 2. The van der Waals surface area contributed by atoms with Crippen LogP contribution < -0.4 is 10.6 Å². The van der Waals surface area contributed by atoms with Crippen LogP contribution in [0, 0.1) is 5.92 Å². The fourth-order valence-electron chi connectivity index (χ4n) is 3.58.